The molecule has 0 saturated heterocycles. The van der Waals surface area contributed by atoms with Crippen molar-refractivity contribution >= 4 is 16.0 Å². The SMILES string of the molecule is CCCCCCCCC/C=C\CCCCCCCCCC(=O)NC(CS(=O)(=O)O)C(O)/C=C/CC/C=C/CCCCCCCCCC. The van der Waals surface area contributed by atoms with Crippen LogP contribution < -0.4 is 5.32 Å². The summed E-state index contributed by atoms with van der Waals surface area (Å²) in [5.41, 5.74) is 0. The monoisotopic (exact) mass is 682 g/mol. The van der Waals surface area contributed by atoms with Crippen molar-refractivity contribution in [2.24, 2.45) is 0 Å². The van der Waals surface area contributed by atoms with Gasteiger partial charge in [-0.3, -0.25) is 9.35 Å². The second-order valence-corrected chi connectivity index (χ2v) is 15.0. The number of aliphatic hydroxyl groups is 1. The second kappa shape index (κ2) is 34.4. The molecule has 2 unspecified atom stereocenters. The molecule has 6 nitrogen and oxygen atoms in total. The van der Waals surface area contributed by atoms with Gasteiger partial charge in [0.1, 0.15) is 0 Å². The van der Waals surface area contributed by atoms with Crippen molar-refractivity contribution in [1.29, 1.82) is 0 Å². The first-order valence-corrected chi connectivity index (χ1v) is 21.3. The number of nitrogens with one attached hydrogen (secondary N) is 1. The van der Waals surface area contributed by atoms with E-state index in [-0.39, 0.29) is 12.3 Å². The van der Waals surface area contributed by atoms with E-state index >= 15 is 0 Å². The van der Waals surface area contributed by atoms with Gasteiger partial charge >= 0.3 is 0 Å². The minimum atomic E-state index is -4.35. The Morgan fingerprint density at radius 3 is 1.34 bits per heavy atom. The van der Waals surface area contributed by atoms with E-state index in [2.05, 4.69) is 43.5 Å². The van der Waals surface area contributed by atoms with Gasteiger partial charge in [-0.25, -0.2) is 0 Å². The number of carbonyl (C=O) groups excluding carboxylic acids is 1. The van der Waals surface area contributed by atoms with Gasteiger partial charge in [-0.2, -0.15) is 8.42 Å². The smallest absolute Gasteiger partial charge is 0.267 e. The molecule has 7 heteroatoms. The predicted octanol–water partition coefficient (Wildman–Crippen LogP) is 11.4. The fraction of sp³-hybridized carbons (Fsp3) is 0.825. The first-order chi connectivity index (χ1) is 22.8. The number of hydrogen-bond acceptors (Lipinski definition) is 4. The lowest BCUT2D eigenvalue weighted by Gasteiger charge is -2.21. The predicted molar refractivity (Wildman–Crippen MR) is 202 cm³/mol. The highest BCUT2D eigenvalue weighted by Crippen LogP contribution is 2.13. The third-order valence-corrected chi connectivity index (χ3v) is 9.57. The molecule has 3 N–H and O–H groups in total. The normalized spacial score (nSPS) is 13.7. The Morgan fingerprint density at radius 1 is 0.553 bits per heavy atom. The van der Waals surface area contributed by atoms with Gasteiger partial charge in [0.25, 0.3) is 10.1 Å². The Morgan fingerprint density at radius 2 is 0.915 bits per heavy atom. The maximum Gasteiger partial charge on any atom is 0.267 e. The molecule has 0 heterocycles. The molecule has 2 atom stereocenters. The van der Waals surface area contributed by atoms with Crippen LogP contribution in [0.3, 0.4) is 0 Å². The first-order valence-electron chi connectivity index (χ1n) is 19.7. The zero-order valence-electron chi connectivity index (χ0n) is 30.7. The third kappa shape index (κ3) is 35.7. The van der Waals surface area contributed by atoms with E-state index in [0.29, 0.717) is 6.42 Å². The minimum absolute atomic E-state index is 0.283. The Balaban J connectivity index is 3.98. The van der Waals surface area contributed by atoms with Crippen LogP contribution in [0.25, 0.3) is 0 Å². The van der Waals surface area contributed by atoms with E-state index in [9.17, 15) is 22.9 Å². The molecular formula is C40H75NO5S. The molecule has 0 aliphatic carbocycles. The van der Waals surface area contributed by atoms with E-state index in [1.165, 1.54) is 134 Å². The van der Waals surface area contributed by atoms with Gasteiger partial charge < -0.3 is 10.4 Å². The van der Waals surface area contributed by atoms with E-state index in [1.807, 2.05) is 6.08 Å². The van der Waals surface area contributed by atoms with Gasteiger partial charge in [0.15, 0.2) is 0 Å². The molecule has 0 aliphatic heterocycles. The number of carbonyl (C=O) groups is 1. The third-order valence-electron chi connectivity index (χ3n) is 8.79. The molecule has 0 aliphatic rings. The van der Waals surface area contributed by atoms with E-state index in [0.717, 1.165) is 38.5 Å². The highest BCUT2D eigenvalue weighted by molar-refractivity contribution is 7.85. The van der Waals surface area contributed by atoms with Gasteiger partial charge in [0, 0.05) is 6.42 Å². The van der Waals surface area contributed by atoms with Crippen LogP contribution in [0.5, 0.6) is 0 Å². The van der Waals surface area contributed by atoms with E-state index in [4.69, 9.17) is 0 Å². The fourth-order valence-corrected chi connectivity index (χ4v) is 6.55. The molecular weight excluding hydrogens is 607 g/mol. The minimum Gasteiger partial charge on any atom is -0.387 e. The Labute approximate surface area is 291 Å². The topological polar surface area (TPSA) is 104 Å². The van der Waals surface area contributed by atoms with Crippen molar-refractivity contribution < 1.29 is 22.9 Å². The quantitative estimate of drug-likeness (QED) is 0.0351. The number of aliphatic hydroxyl groups excluding tert-OH is 1. The van der Waals surface area contributed by atoms with Crippen molar-refractivity contribution in [2.75, 3.05) is 5.75 Å². The summed E-state index contributed by atoms with van der Waals surface area (Å²) in [5.74, 6) is -1.00. The summed E-state index contributed by atoms with van der Waals surface area (Å²) in [6, 6.07) is -1.07. The number of amides is 1. The highest BCUT2D eigenvalue weighted by atomic mass is 32.2. The van der Waals surface area contributed by atoms with Crippen LogP contribution >= 0.6 is 0 Å². The number of unbranched alkanes of at least 4 members (excludes halogenated alkanes) is 23. The molecule has 0 saturated carbocycles. The van der Waals surface area contributed by atoms with Crippen LogP contribution in [-0.2, 0) is 14.9 Å². The lowest BCUT2D eigenvalue weighted by Crippen LogP contribution is -2.46. The molecule has 0 fully saturated rings. The summed E-state index contributed by atoms with van der Waals surface area (Å²) in [5, 5.41) is 13.2. The van der Waals surface area contributed by atoms with Crippen molar-refractivity contribution in [3.63, 3.8) is 0 Å². The van der Waals surface area contributed by atoms with Crippen LogP contribution in [-0.4, -0.2) is 41.9 Å². The molecule has 0 spiro atoms. The molecule has 0 aromatic rings. The average molecular weight is 682 g/mol. The molecule has 276 valence electrons. The maximum absolute atomic E-state index is 12.5. The summed E-state index contributed by atoms with van der Waals surface area (Å²) >= 11 is 0. The van der Waals surface area contributed by atoms with Crippen LogP contribution in [0.4, 0.5) is 0 Å². The highest BCUT2D eigenvalue weighted by Gasteiger charge is 2.24. The van der Waals surface area contributed by atoms with Crippen LogP contribution in [0.1, 0.15) is 194 Å². The zero-order valence-corrected chi connectivity index (χ0v) is 31.5. The van der Waals surface area contributed by atoms with Gasteiger partial charge in [-0.05, 0) is 57.8 Å². The summed E-state index contributed by atoms with van der Waals surface area (Å²) in [4.78, 5) is 12.5. The maximum atomic E-state index is 12.5. The average Bonchev–Trinajstić information content (AvgIpc) is 3.03. The Hall–Kier alpha value is -1.44. The summed E-state index contributed by atoms with van der Waals surface area (Å²) < 4.78 is 32.4. The van der Waals surface area contributed by atoms with Crippen molar-refractivity contribution in [1.82, 2.24) is 5.32 Å². The molecule has 0 bridgehead atoms. The van der Waals surface area contributed by atoms with Crippen LogP contribution in [0, 0.1) is 0 Å². The standard InChI is InChI=1S/C40H75NO5S/c1-3-5-7-9-11-13-15-17-19-20-21-22-24-26-28-30-32-34-36-40(43)41-38(37-47(44,45)46)39(42)35-33-31-29-27-25-23-18-16-14-12-10-8-6-4-2/h19-20,25,27,33,35,38-39,42H,3-18,21-24,26,28-32,34,36-37H2,1-2H3,(H,41,43)(H,44,45,46)/b20-19-,27-25+,35-33+. The van der Waals surface area contributed by atoms with Gasteiger partial charge in [0.2, 0.25) is 5.91 Å². The molecule has 0 aromatic heterocycles. The first kappa shape index (κ1) is 45.6. The van der Waals surface area contributed by atoms with E-state index in [1.54, 1.807) is 0 Å². The van der Waals surface area contributed by atoms with Crippen molar-refractivity contribution in [3.05, 3.63) is 36.5 Å². The van der Waals surface area contributed by atoms with Gasteiger partial charge in [0.05, 0.1) is 17.9 Å². The summed E-state index contributed by atoms with van der Waals surface area (Å²) in [6.07, 6.45) is 44.1. The zero-order chi connectivity index (χ0) is 34.7. The largest absolute Gasteiger partial charge is 0.387 e. The van der Waals surface area contributed by atoms with Crippen LogP contribution in [0.15, 0.2) is 36.5 Å². The van der Waals surface area contributed by atoms with Crippen molar-refractivity contribution in [3.8, 4) is 0 Å². The van der Waals surface area contributed by atoms with Gasteiger partial charge in [-0.1, -0.05) is 166 Å². The summed E-state index contributed by atoms with van der Waals surface area (Å²) in [6.45, 7) is 4.50. The Kier molecular flexibility index (Phi) is 33.4. The molecule has 0 rings (SSSR count). The lowest BCUT2D eigenvalue weighted by atomic mass is 10.1. The van der Waals surface area contributed by atoms with Crippen LogP contribution in [0.2, 0.25) is 0 Å². The molecule has 1 amide bonds. The number of hydrogen-bond donors (Lipinski definition) is 3. The second-order valence-electron chi connectivity index (χ2n) is 13.5. The molecule has 0 aromatic carbocycles. The Bertz CT molecular complexity index is 883. The van der Waals surface area contributed by atoms with Crippen molar-refractivity contribution in [2.45, 2.75) is 206 Å². The number of rotatable bonds is 35. The molecule has 47 heavy (non-hydrogen) atoms. The lowest BCUT2D eigenvalue weighted by molar-refractivity contribution is -0.122. The fourth-order valence-electron chi connectivity index (χ4n) is 5.81. The summed E-state index contributed by atoms with van der Waals surface area (Å²) in [7, 11) is -4.35. The van der Waals surface area contributed by atoms with E-state index < -0.39 is 28.0 Å². The number of allylic oxidation sites excluding steroid dienone is 5. The molecule has 0 radical (unpaired) electrons. The van der Waals surface area contributed by atoms with Gasteiger partial charge in [-0.15, -0.1) is 0 Å².